The highest BCUT2D eigenvalue weighted by molar-refractivity contribution is 9.10. The Morgan fingerprint density at radius 2 is 1.83 bits per heavy atom. The third-order valence-corrected chi connectivity index (χ3v) is 5.34. The fourth-order valence-corrected chi connectivity index (χ4v) is 3.78. The summed E-state index contributed by atoms with van der Waals surface area (Å²) in [6, 6.07) is 22.9. The molecule has 0 aliphatic rings. The van der Waals surface area contributed by atoms with Gasteiger partial charge in [0.2, 0.25) is 5.78 Å². The number of hydrogen-bond donors (Lipinski definition) is 1. The Morgan fingerprint density at radius 1 is 1.07 bits per heavy atom. The minimum Gasteiger partial charge on any atom is -0.496 e. The molecule has 0 aliphatic heterocycles. The quantitative estimate of drug-likeness (QED) is 0.316. The number of carbonyl (C=O) groups excluding carboxylic acids is 1. The number of furan rings is 1. The van der Waals surface area contributed by atoms with Crippen LogP contribution in [0.15, 0.2) is 87.8 Å². The van der Waals surface area contributed by atoms with E-state index in [0.717, 1.165) is 10.9 Å². The van der Waals surface area contributed by atoms with Crippen LogP contribution in [0.25, 0.3) is 17.0 Å². The van der Waals surface area contributed by atoms with E-state index in [1.54, 1.807) is 25.3 Å². The molecule has 1 N–H and O–H groups in total. The fourth-order valence-electron chi connectivity index (χ4n) is 3.24. The maximum absolute atomic E-state index is 13.2. The van der Waals surface area contributed by atoms with Crippen molar-refractivity contribution in [3.8, 4) is 5.75 Å². The molecule has 0 saturated carbocycles. The molecular formula is C25H20BrNO3. The molecule has 0 spiro atoms. The Morgan fingerprint density at radius 3 is 2.60 bits per heavy atom. The van der Waals surface area contributed by atoms with Crippen molar-refractivity contribution in [3.05, 3.63) is 100 Å². The summed E-state index contributed by atoms with van der Waals surface area (Å²) >= 11 is 3.44. The first-order valence-electron chi connectivity index (χ1n) is 9.52. The number of anilines is 1. The van der Waals surface area contributed by atoms with Crippen molar-refractivity contribution >= 4 is 44.4 Å². The molecular weight excluding hydrogens is 442 g/mol. The second-order valence-electron chi connectivity index (χ2n) is 6.67. The van der Waals surface area contributed by atoms with Crippen molar-refractivity contribution in [2.75, 3.05) is 19.0 Å². The van der Waals surface area contributed by atoms with Crippen LogP contribution in [0.5, 0.6) is 5.75 Å². The second-order valence-corrected chi connectivity index (χ2v) is 7.53. The zero-order valence-electron chi connectivity index (χ0n) is 16.4. The summed E-state index contributed by atoms with van der Waals surface area (Å²) in [6.07, 6.45) is 4.06. The van der Waals surface area contributed by atoms with E-state index in [1.165, 1.54) is 0 Å². The summed E-state index contributed by atoms with van der Waals surface area (Å²) in [6.45, 7) is 0.561. The fraction of sp³-hybridized carbons (Fsp3) is 0.0800. The lowest BCUT2D eigenvalue weighted by Gasteiger charge is -2.07. The number of ether oxygens (including phenoxy) is 1. The van der Waals surface area contributed by atoms with Crippen LogP contribution in [0.3, 0.4) is 0 Å². The van der Waals surface area contributed by atoms with E-state index in [-0.39, 0.29) is 5.78 Å². The normalized spacial score (nSPS) is 11.1. The van der Waals surface area contributed by atoms with E-state index in [4.69, 9.17) is 9.15 Å². The molecule has 150 valence electrons. The summed E-state index contributed by atoms with van der Waals surface area (Å²) in [5.41, 5.74) is 3.00. The summed E-state index contributed by atoms with van der Waals surface area (Å²) in [7, 11) is 1.59. The molecule has 3 aromatic carbocycles. The highest BCUT2D eigenvalue weighted by Crippen LogP contribution is 2.34. The average molecular weight is 462 g/mol. The molecule has 0 radical (unpaired) electrons. The number of benzene rings is 3. The molecule has 0 saturated heterocycles. The highest BCUT2D eigenvalue weighted by Gasteiger charge is 2.22. The lowest BCUT2D eigenvalue weighted by molar-refractivity contribution is 0.101. The molecule has 5 heteroatoms. The van der Waals surface area contributed by atoms with Gasteiger partial charge < -0.3 is 14.5 Å². The largest absolute Gasteiger partial charge is 0.496 e. The molecule has 0 unspecified atom stereocenters. The first kappa shape index (κ1) is 20.0. The highest BCUT2D eigenvalue weighted by atomic mass is 79.9. The topological polar surface area (TPSA) is 51.5 Å². The SMILES string of the molecule is COc1ccc(C(=O)c2oc3ccccc3c2NC/C=C/c2ccccc2)cc1Br. The lowest BCUT2D eigenvalue weighted by atomic mass is 10.1. The average Bonchev–Trinajstić information content (AvgIpc) is 3.15. The van der Waals surface area contributed by atoms with Crippen molar-refractivity contribution in [1.82, 2.24) is 0 Å². The summed E-state index contributed by atoms with van der Waals surface area (Å²) < 4.78 is 11.9. The first-order chi connectivity index (χ1) is 14.7. The van der Waals surface area contributed by atoms with Gasteiger partial charge in [-0.25, -0.2) is 0 Å². The van der Waals surface area contributed by atoms with Crippen LogP contribution >= 0.6 is 15.9 Å². The zero-order chi connectivity index (χ0) is 20.9. The smallest absolute Gasteiger partial charge is 0.230 e. The third-order valence-electron chi connectivity index (χ3n) is 4.72. The number of fused-ring (bicyclic) bond motifs is 1. The number of hydrogen-bond acceptors (Lipinski definition) is 4. The van der Waals surface area contributed by atoms with Crippen LogP contribution in [0.1, 0.15) is 21.7 Å². The molecule has 1 aromatic heterocycles. The van der Waals surface area contributed by atoms with E-state index in [0.29, 0.717) is 39.4 Å². The number of ketones is 1. The van der Waals surface area contributed by atoms with Gasteiger partial charge in [0.05, 0.1) is 17.3 Å². The second kappa shape index (κ2) is 9.01. The van der Waals surface area contributed by atoms with E-state index in [1.807, 2.05) is 66.7 Å². The number of para-hydroxylation sites is 1. The number of carbonyl (C=O) groups is 1. The molecule has 30 heavy (non-hydrogen) atoms. The van der Waals surface area contributed by atoms with Crippen LogP contribution in [0.2, 0.25) is 0 Å². The number of methoxy groups -OCH3 is 1. The molecule has 0 amide bonds. The van der Waals surface area contributed by atoms with Gasteiger partial charge >= 0.3 is 0 Å². The molecule has 0 bridgehead atoms. The Labute approximate surface area is 183 Å². The van der Waals surface area contributed by atoms with Gasteiger partial charge in [-0.15, -0.1) is 0 Å². The Bertz CT molecular complexity index is 1210. The van der Waals surface area contributed by atoms with Gasteiger partial charge in [0, 0.05) is 17.5 Å². The van der Waals surface area contributed by atoms with Crippen molar-refractivity contribution in [1.29, 1.82) is 0 Å². The minimum absolute atomic E-state index is 0.191. The van der Waals surface area contributed by atoms with Gasteiger partial charge in [-0.2, -0.15) is 0 Å². The van der Waals surface area contributed by atoms with E-state index < -0.39 is 0 Å². The van der Waals surface area contributed by atoms with Crippen LogP contribution in [0.4, 0.5) is 5.69 Å². The van der Waals surface area contributed by atoms with Gasteiger partial charge in [-0.3, -0.25) is 4.79 Å². The Balaban J connectivity index is 1.64. The van der Waals surface area contributed by atoms with Crippen molar-refractivity contribution in [2.45, 2.75) is 0 Å². The first-order valence-corrected chi connectivity index (χ1v) is 10.3. The van der Waals surface area contributed by atoms with Gasteiger partial charge in [-0.1, -0.05) is 54.6 Å². The number of halogens is 1. The molecule has 1 heterocycles. The minimum atomic E-state index is -0.191. The van der Waals surface area contributed by atoms with E-state index in [9.17, 15) is 4.79 Å². The van der Waals surface area contributed by atoms with Crippen LogP contribution in [-0.2, 0) is 0 Å². The molecule has 0 aliphatic carbocycles. The predicted molar refractivity (Wildman–Crippen MR) is 124 cm³/mol. The number of rotatable bonds is 7. The van der Waals surface area contributed by atoms with Gasteiger partial charge in [0.15, 0.2) is 5.76 Å². The summed E-state index contributed by atoms with van der Waals surface area (Å²) in [4.78, 5) is 13.2. The standard InChI is InChI=1S/C25H20BrNO3/c1-29-22-14-13-18(16-20(22)26)24(28)25-23(19-11-5-6-12-21(19)30-25)27-15-7-10-17-8-3-2-4-9-17/h2-14,16,27H,15H2,1H3/b10-7+. The molecule has 4 rings (SSSR count). The molecule has 4 nitrogen and oxygen atoms in total. The summed E-state index contributed by atoms with van der Waals surface area (Å²) in [5, 5.41) is 4.23. The van der Waals surface area contributed by atoms with Gasteiger partial charge in [0.1, 0.15) is 11.3 Å². The van der Waals surface area contributed by atoms with Gasteiger partial charge in [0.25, 0.3) is 0 Å². The lowest BCUT2D eigenvalue weighted by Crippen LogP contribution is -2.06. The van der Waals surface area contributed by atoms with Crippen LogP contribution < -0.4 is 10.1 Å². The van der Waals surface area contributed by atoms with Crippen molar-refractivity contribution in [2.24, 2.45) is 0 Å². The Kier molecular flexibility index (Phi) is 6.00. The molecule has 4 aromatic rings. The van der Waals surface area contributed by atoms with Crippen molar-refractivity contribution < 1.29 is 13.9 Å². The molecule has 0 atom stereocenters. The van der Waals surface area contributed by atoms with Gasteiger partial charge in [-0.05, 0) is 51.8 Å². The number of nitrogens with one attached hydrogen (secondary N) is 1. The van der Waals surface area contributed by atoms with Crippen molar-refractivity contribution in [3.63, 3.8) is 0 Å². The van der Waals surface area contributed by atoms with E-state index >= 15 is 0 Å². The third kappa shape index (κ3) is 4.16. The zero-order valence-corrected chi connectivity index (χ0v) is 18.0. The molecule has 0 fully saturated rings. The summed E-state index contributed by atoms with van der Waals surface area (Å²) in [5.74, 6) is 0.769. The maximum atomic E-state index is 13.2. The predicted octanol–water partition coefficient (Wildman–Crippen LogP) is 6.56. The van der Waals surface area contributed by atoms with E-state index in [2.05, 4.69) is 21.2 Å². The Hall–Kier alpha value is -3.31. The monoisotopic (exact) mass is 461 g/mol. The van der Waals surface area contributed by atoms with Crippen LogP contribution in [-0.4, -0.2) is 19.4 Å². The maximum Gasteiger partial charge on any atom is 0.230 e. The van der Waals surface area contributed by atoms with Crippen LogP contribution in [0, 0.1) is 0 Å².